The summed E-state index contributed by atoms with van der Waals surface area (Å²) in [5.74, 6) is 0.0965. The van der Waals surface area contributed by atoms with Crippen LogP contribution in [0.5, 0.6) is 0 Å². The Kier molecular flexibility index (Phi) is 8.29. The van der Waals surface area contributed by atoms with Gasteiger partial charge in [-0.2, -0.15) is 8.42 Å². The molecule has 0 aliphatic carbocycles. The van der Waals surface area contributed by atoms with E-state index in [1.54, 1.807) is 12.1 Å². The number of carbonyl (C=O) groups is 1. The number of rotatable bonds is 10. The topological polar surface area (TPSA) is 72.5 Å². The van der Waals surface area contributed by atoms with Crippen molar-refractivity contribution in [3.05, 3.63) is 59.7 Å². The van der Waals surface area contributed by atoms with Crippen molar-refractivity contribution < 1.29 is 17.4 Å². The van der Waals surface area contributed by atoms with Crippen LogP contribution >= 0.6 is 0 Å². The van der Waals surface area contributed by atoms with Crippen molar-refractivity contribution in [2.45, 2.75) is 71.6 Å². The first-order valence-electron chi connectivity index (χ1n) is 11.2. The van der Waals surface area contributed by atoms with Crippen molar-refractivity contribution in [1.29, 1.82) is 0 Å². The summed E-state index contributed by atoms with van der Waals surface area (Å²) in [6.45, 7) is 13.7. The molecule has 0 radical (unpaired) electrons. The fraction of sp³-hybridized carbons (Fsp3) is 0.500. The van der Waals surface area contributed by atoms with E-state index in [9.17, 15) is 13.2 Å². The standard InChI is InChI=1S/C26H37NO4S/c1-8-25(3,4)18-23(26(5,6)9-2)19-13-15-20(16-14-19)24(28)27-21-11-10-12-22(17-21)32(29,30)31-7/h10-17,23H,8-9,18H2,1-7H3,(H,27,28). The summed E-state index contributed by atoms with van der Waals surface area (Å²) in [7, 11) is -2.71. The molecule has 0 aliphatic rings. The highest BCUT2D eigenvalue weighted by molar-refractivity contribution is 7.86. The summed E-state index contributed by atoms with van der Waals surface area (Å²) >= 11 is 0. The van der Waals surface area contributed by atoms with Crippen molar-refractivity contribution in [2.75, 3.05) is 12.4 Å². The summed E-state index contributed by atoms with van der Waals surface area (Å²) in [5, 5.41) is 2.77. The second-order valence-electron chi connectivity index (χ2n) is 9.84. The molecule has 2 aromatic rings. The molecule has 32 heavy (non-hydrogen) atoms. The zero-order valence-corrected chi connectivity index (χ0v) is 21.2. The summed E-state index contributed by atoms with van der Waals surface area (Å²) in [6, 6.07) is 13.8. The number of amides is 1. The Balaban J connectivity index is 2.25. The Labute approximate surface area is 193 Å². The lowest BCUT2D eigenvalue weighted by atomic mass is 9.66. The molecule has 1 unspecified atom stereocenters. The Morgan fingerprint density at radius 1 is 1.00 bits per heavy atom. The highest BCUT2D eigenvalue weighted by Gasteiger charge is 2.33. The highest BCUT2D eigenvalue weighted by Crippen LogP contribution is 2.46. The highest BCUT2D eigenvalue weighted by atomic mass is 32.2. The minimum Gasteiger partial charge on any atom is -0.322 e. The van der Waals surface area contributed by atoms with Crippen LogP contribution in [-0.2, 0) is 14.3 Å². The SMILES string of the molecule is CCC(C)(C)CC(c1ccc(C(=O)Nc2cccc(S(=O)(=O)OC)c2)cc1)C(C)(C)CC. The maximum atomic E-state index is 12.8. The number of nitrogens with one attached hydrogen (secondary N) is 1. The molecule has 0 bridgehead atoms. The molecule has 2 aromatic carbocycles. The van der Waals surface area contributed by atoms with Crippen LogP contribution in [0, 0.1) is 10.8 Å². The first kappa shape index (κ1) is 26.1. The number of anilines is 1. The molecule has 6 heteroatoms. The van der Waals surface area contributed by atoms with Crippen molar-refractivity contribution in [3.63, 3.8) is 0 Å². The van der Waals surface area contributed by atoms with Crippen molar-refractivity contribution >= 4 is 21.7 Å². The van der Waals surface area contributed by atoms with Gasteiger partial charge in [0.1, 0.15) is 0 Å². The molecule has 0 heterocycles. The number of benzene rings is 2. The van der Waals surface area contributed by atoms with Crippen LogP contribution in [-0.4, -0.2) is 21.4 Å². The molecule has 1 amide bonds. The molecule has 176 valence electrons. The molecule has 0 spiro atoms. The molecular weight excluding hydrogens is 422 g/mol. The average Bonchev–Trinajstić information content (AvgIpc) is 2.77. The summed E-state index contributed by atoms with van der Waals surface area (Å²) < 4.78 is 28.3. The maximum absolute atomic E-state index is 12.8. The van der Waals surface area contributed by atoms with Gasteiger partial charge in [0.25, 0.3) is 16.0 Å². The van der Waals surface area contributed by atoms with E-state index in [-0.39, 0.29) is 21.6 Å². The average molecular weight is 460 g/mol. The van der Waals surface area contributed by atoms with Gasteiger partial charge in [-0.05, 0) is 59.1 Å². The Morgan fingerprint density at radius 2 is 1.62 bits per heavy atom. The predicted octanol–water partition coefficient (Wildman–Crippen LogP) is 6.62. The largest absolute Gasteiger partial charge is 0.322 e. The fourth-order valence-electron chi connectivity index (χ4n) is 3.68. The molecule has 0 saturated carbocycles. The van der Waals surface area contributed by atoms with Crippen LogP contribution < -0.4 is 5.32 Å². The Bertz CT molecular complexity index is 1020. The van der Waals surface area contributed by atoms with E-state index in [0.29, 0.717) is 17.2 Å². The molecule has 0 aromatic heterocycles. The minimum absolute atomic E-state index is 0.00340. The van der Waals surface area contributed by atoms with Gasteiger partial charge in [-0.3, -0.25) is 8.98 Å². The second kappa shape index (κ2) is 10.2. The van der Waals surface area contributed by atoms with Gasteiger partial charge in [0.15, 0.2) is 0 Å². The van der Waals surface area contributed by atoms with Crippen LogP contribution in [0.2, 0.25) is 0 Å². The third-order valence-corrected chi connectivity index (χ3v) is 8.01. The van der Waals surface area contributed by atoms with E-state index in [1.807, 2.05) is 12.1 Å². The van der Waals surface area contributed by atoms with E-state index in [1.165, 1.54) is 17.7 Å². The quantitative estimate of drug-likeness (QED) is 0.405. The lowest BCUT2D eigenvalue weighted by molar-refractivity contribution is 0.102. The van der Waals surface area contributed by atoms with E-state index in [4.69, 9.17) is 0 Å². The monoisotopic (exact) mass is 459 g/mol. The van der Waals surface area contributed by atoms with E-state index >= 15 is 0 Å². The number of hydrogen-bond acceptors (Lipinski definition) is 4. The van der Waals surface area contributed by atoms with Gasteiger partial charge in [0, 0.05) is 11.3 Å². The van der Waals surface area contributed by atoms with Crippen LogP contribution in [0.3, 0.4) is 0 Å². The Hall–Kier alpha value is -2.18. The van der Waals surface area contributed by atoms with Crippen LogP contribution in [0.25, 0.3) is 0 Å². The van der Waals surface area contributed by atoms with Gasteiger partial charge >= 0.3 is 0 Å². The van der Waals surface area contributed by atoms with Gasteiger partial charge < -0.3 is 5.32 Å². The lowest BCUT2D eigenvalue weighted by Crippen LogP contribution is -2.27. The zero-order chi connectivity index (χ0) is 24.2. The maximum Gasteiger partial charge on any atom is 0.296 e. The summed E-state index contributed by atoms with van der Waals surface area (Å²) in [5.41, 5.74) is 2.54. The van der Waals surface area contributed by atoms with Gasteiger partial charge in [0.05, 0.1) is 12.0 Å². The van der Waals surface area contributed by atoms with E-state index < -0.39 is 10.1 Å². The first-order chi connectivity index (χ1) is 14.8. The normalized spacial score (nSPS) is 13.6. The second-order valence-corrected chi connectivity index (χ2v) is 11.6. The van der Waals surface area contributed by atoms with Gasteiger partial charge in [-0.1, -0.05) is 72.6 Å². The first-order valence-corrected chi connectivity index (χ1v) is 12.6. The molecule has 1 N–H and O–H groups in total. The number of hydrogen-bond donors (Lipinski definition) is 1. The zero-order valence-electron chi connectivity index (χ0n) is 20.4. The Morgan fingerprint density at radius 3 is 2.16 bits per heavy atom. The molecule has 0 aliphatic heterocycles. The summed E-state index contributed by atoms with van der Waals surface area (Å²) in [6.07, 6.45) is 3.26. The van der Waals surface area contributed by atoms with E-state index in [2.05, 4.69) is 63.2 Å². The molecule has 1 atom stereocenters. The van der Waals surface area contributed by atoms with Gasteiger partial charge in [-0.15, -0.1) is 0 Å². The van der Waals surface area contributed by atoms with Crippen molar-refractivity contribution in [3.8, 4) is 0 Å². The molecular formula is C26H37NO4S. The third-order valence-electron chi connectivity index (χ3n) is 6.74. The lowest BCUT2D eigenvalue weighted by Gasteiger charge is -2.39. The third kappa shape index (κ3) is 6.42. The van der Waals surface area contributed by atoms with Crippen LogP contribution in [0.4, 0.5) is 5.69 Å². The molecule has 0 fully saturated rings. The number of carbonyl (C=O) groups excluding carboxylic acids is 1. The fourth-order valence-corrected chi connectivity index (χ4v) is 4.39. The smallest absolute Gasteiger partial charge is 0.296 e. The van der Waals surface area contributed by atoms with Gasteiger partial charge in [-0.25, -0.2) is 0 Å². The van der Waals surface area contributed by atoms with Crippen LogP contribution in [0.15, 0.2) is 53.4 Å². The van der Waals surface area contributed by atoms with Gasteiger partial charge in [0.2, 0.25) is 0 Å². The summed E-state index contributed by atoms with van der Waals surface area (Å²) in [4.78, 5) is 12.8. The molecule has 0 saturated heterocycles. The van der Waals surface area contributed by atoms with Crippen molar-refractivity contribution in [2.24, 2.45) is 10.8 Å². The van der Waals surface area contributed by atoms with Crippen molar-refractivity contribution in [1.82, 2.24) is 0 Å². The minimum atomic E-state index is -3.82. The van der Waals surface area contributed by atoms with E-state index in [0.717, 1.165) is 26.4 Å². The van der Waals surface area contributed by atoms with Crippen LogP contribution in [0.1, 0.15) is 82.6 Å². The predicted molar refractivity (Wildman–Crippen MR) is 131 cm³/mol. The molecule has 5 nitrogen and oxygen atoms in total. The molecule has 2 rings (SSSR count).